The number of halogens is 3. The van der Waals surface area contributed by atoms with Crippen molar-refractivity contribution >= 4 is 17.4 Å². The number of thioether (sulfide) groups is 1. The van der Waals surface area contributed by atoms with Crippen LogP contribution in [0.2, 0.25) is 0 Å². The van der Waals surface area contributed by atoms with Crippen LogP contribution >= 0.6 is 11.8 Å². The number of fused-ring (bicyclic) bond motifs is 1. The molecule has 0 aliphatic rings. The Balaban J connectivity index is 1.87. The molecular formula is C14H12F3N5OS. The summed E-state index contributed by atoms with van der Waals surface area (Å²) in [4.78, 5) is 16.5. The maximum absolute atomic E-state index is 12.7. The highest BCUT2D eigenvalue weighted by atomic mass is 32.2. The van der Waals surface area contributed by atoms with Gasteiger partial charge in [-0.25, -0.2) is 4.98 Å². The van der Waals surface area contributed by atoms with Crippen molar-refractivity contribution < 1.29 is 13.2 Å². The first kappa shape index (κ1) is 16.5. The van der Waals surface area contributed by atoms with Crippen molar-refractivity contribution in [3.05, 3.63) is 51.8 Å². The van der Waals surface area contributed by atoms with E-state index in [2.05, 4.69) is 15.2 Å². The van der Waals surface area contributed by atoms with E-state index in [9.17, 15) is 18.0 Å². The van der Waals surface area contributed by atoms with Gasteiger partial charge in [-0.15, -0.1) is 10.2 Å². The van der Waals surface area contributed by atoms with Gasteiger partial charge in [0.2, 0.25) is 5.82 Å². The summed E-state index contributed by atoms with van der Waals surface area (Å²) in [5.41, 5.74) is 1.48. The van der Waals surface area contributed by atoms with Gasteiger partial charge in [-0.1, -0.05) is 17.8 Å². The van der Waals surface area contributed by atoms with E-state index in [1.807, 2.05) is 0 Å². The van der Waals surface area contributed by atoms with Crippen molar-refractivity contribution in [2.75, 3.05) is 0 Å². The fourth-order valence-corrected chi connectivity index (χ4v) is 3.07. The smallest absolute Gasteiger partial charge is 0.302 e. The minimum atomic E-state index is -4.56. The van der Waals surface area contributed by atoms with Gasteiger partial charge >= 0.3 is 6.18 Å². The Morgan fingerprint density at radius 2 is 2.00 bits per heavy atom. The lowest BCUT2D eigenvalue weighted by Gasteiger charge is -2.07. The van der Waals surface area contributed by atoms with Gasteiger partial charge in [0.25, 0.3) is 5.56 Å². The molecule has 0 atom stereocenters. The van der Waals surface area contributed by atoms with Crippen molar-refractivity contribution in [2.45, 2.75) is 24.0 Å². The summed E-state index contributed by atoms with van der Waals surface area (Å²) in [5.74, 6) is -0.851. The number of pyridine rings is 1. The molecule has 0 fully saturated rings. The fraction of sp³-hybridized carbons (Fsp3) is 0.286. The van der Waals surface area contributed by atoms with Crippen LogP contribution in [0.3, 0.4) is 0 Å². The lowest BCUT2D eigenvalue weighted by atomic mass is 10.3. The average molecular weight is 355 g/mol. The normalized spacial score (nSPS) is 12.0. The fourth-order valence-electron chi connectivity index (χ4n) is 2.26. The van der Waals surface area contributed by atoms with Crippen LogP contribution < -0.4 is 5.56 Å². The standard InChI is InChI=1S/C14H12F3N5OS/c1-8-4-3-5-10-18-9(6-11(23)22(8)10)7-24-13-20-19-12(21(13)2)14(15,16)17/h3-6H,7H2,1-2H3. The summed E-state index contributed by atoms with van der Waals surface area (Å²) in [5, 5.41) is 6.81. The molecule has 3 rings (SSSR count). The Bertz CT molecular complexity index is 963. The Morgan fingerprint density at radius 1 is 1.25 bits per heavy atom. The quantitative estimate of drug-likeness (QED) is 0.675. The zero-order valence-electron chi connectivity index (χ0n) is 12.7. The van der Waals surface area contributed by atoms with Crippen molar-refractivity contribution in [1.82, 2.24) is 24.1 Å². The Labute approximate surface area is 138 Å². The van der Waals surface area contributed by atoms with Crippen LogP contribution in [0.15, 0.2) is 34.2 Å². The van der Waals surface area contributed by atoms with Gasteiger partial charge in [0, 0.05) is 24.6 Å². The number of alkyl halides is 3. The molecule has 0 aliphatic heterocycles. The van der Waals surface area contributed by atoms with Gasteiger partial charge in [-0.2, -0.15) is 13.2 Å². The van der Waals surface area contributed by atoms with Crippen LogP contribution in [0.25, 0.3) is 5.65 Å². The van der Waals surface area contributed by atoms with E-state index in [-0.39, 0.29) is 16.5 Å². The number of aromatic nitrogens is 5. The van der Waals surface area contributed by atoms with Gasteiger partial charge in [0.1, 0.15) is 5.65 Å². The number of hydrogen-bond donors (Lipinski definition) is 0. The largest absolute Gasteiger partial charge is 0.451 e. The highest BCUT2D eigenvalue weighted by molar-refractivity contribution is 7.98. The van der Waals surface area contributed by atoms with Gasteiger partial charge in [0.05, 0.1) is 5.69 Å². The molecule has 0 radical (unpaired) electrons. The van der Waals surface area contributed by atoms with Crippen LogP contribution in [0.4, 0.5) is 13.2 Å². The van der Waals surface area contributed by atoms with E-state index in [1.165, 1.54) is 17.5 Å². The van der Waals surface area contributed by atoms with Crippen molar-refractivity contribution in [2.24, 2.45) is 7.05 Å². The van der Waals surface area contributed by atoms with Crippen molar-refractivity contribution in [3.8, 4) is 0 Å². The highest BCUT2D eigenvalue weighted by Crippen LogP contribution is 2.30. The van der Waals surface area contributed by atoms with E-state index in [0.29, 0.717) is 11.3 Å². The second-order valence-electron chi connectivity index (χ2n) is 5.10. The zero-order valence-corrected chi connectivity index (χ0v) is 13.5. The predicted octanol–water partition coefficient (Wildman–Crippen LogP) is 2.44. The van der Waals surface area contributed by atoms with E-state index in [1.54, 1.807) is 25.1 Å². The molecule has 0 unspecified atom stereocenters. The first-order valence-corrected chi connectivity index (χ1v) is 7.83. The summed E-state index contributed by atoms with van der Waals surface area (Å²) in [6.45, 7) is 1.79. The van der Waals surface area contributed by atoms with Crippen LogP contribution in [-0.4, -0.2) is 24.1 Å². The summed E-state index contributed by atoms with van der Waals surface area (Å²) in [6, 6.07) is 6.65. The third-order valence-electron chi connectivity index (χ3n) is 3.37. The third-order valence-corrected chi connectivity index (χ3v) is 4.42. The first-order valence-electron chi connectivity index (χ1n) is 6.85. The van der Waals surface area contributed by atoms with E-state index < -0.39 is 12.0 Å². The maximum atomic E-state index is 12.7. The lowest BCUT2D eigenvalue weighted by molar-refractivity contribution is -0.147. The maximum Gasteiger partial charge on any atom is 0.451 e. The molecule has 6 nitrogen and oxygen atoms in total. The Morgan fingerprint density at radius 3 is 2.67 bits per heavy atom. The van der Waals surface area contributed by atoms with Crippen LogP contribution in [0.1, 0.15) is 17.2 Å². The molecule has 0 amide bonds. The molecule has 0 aromatic carbocycles. The van der Waals surface area contributed by atoms with E-state index in [0.717, 1.165) is 22.0 Å². The summed E-state index contributed by atoms with van der Waals surface area (Å²) >= 11 is 1.04. The first-order chi connectivity index (χ1) is 11.3. The van der Waals surface area contributed by atoms with Gasteiger partial charge in [0.15, 0.2) is 5.16 Å². The Kier molecular flexibility index (Phi) is 4.08. The van der Waals surface area contributed by atoms with Gasteiger partial charge in [-0.3, -0.25) is 9.20 Å². The molecule has 0 aliphatic carbocycles. The number of rotatable bonds is 3. The van der Waals surface area contributed by atoms with Gasteiger partial charge in [-0.05, 0) is 19.1 Å². The predicted molar refractivity (Wildman–Crippen MR) is 81.8 cm³/mol. The summed E-state index contributed by atoms with van der Waals surface area (Å²) in [6.07, 6.45) is -4.56. The zero-order chi connectivity index (χ0) is 17.5. The molecule has 3 aromatic heterocycles. The Hall–Kier alpha value is -2.36. The van der Waals surface area contributed by atoms with Crippen LogP contribution in [-0.2, 0) is 19.0 Å². The number of aryl methyl sites for hydroxylation is 1. The number of nitrogens with zero attached hydrogens (tertiary/aromatic N) is 5. The third kappa shape index (κ3) is 3.01. The molecular weight excluding hydrogens is 343 g/mol. The summed E-state index contributed by atoms with van der Waals surface area (Å²) in [7, 11) is 1.25. The van der Waals surface area contributed by atoms with Crippen molar-refractivity contribution in [1.29, 1.82) is 0 Å². The highest BCUT2D eigenvalue weighted by Gasteiger charge is 2.37. The molecule has 0 saturated carbocycles. The minimum Gasteiger partial charge on any atom is -0.302 e. The SMILES string of the molecule is Cc1cccc2nc(CSc3nnc(C(F)(F)F)n3C)cc(=O)n12. The van der Waals surface area contributed by atoms with Crippen LogP contribution in [0, 0.1) is 6.92 Å². The second-order valence-corrected chi connectivity index (χ2v) is 6.04. The molecule has 126 valence electrons. The minimum absolute atomic E-state index is 0.105. The molecule has 3 aromatic rings. The van der Waals surface area contributed by atoms with Crippen molar-refractivity contribution in [3.63, 3.8) is 0 Å². The molecule has 3 heterocycles. The lowest BCUT2D eigenvalue weighted by Crippen LogP contribution is -2.17. The average Bonchev–Trinajstić information content (AvgIpc) is 2.86. The molecule has 0 saturated heterocycles. The topological polar surface area (TPSA) is 65.1 Å². The monoisotopic (exact) mass is 355 g/mol. The second kappa shape index (κ2) is 5.93. The molecule has 10 heteroatoms. The molecule has 0 spiro atoms. The molecule has 24 heavy (non-hydrogen) atoms. The van der Waals surface area contributed by atoms with E-state index in [4.69, 9.17) is 0 Å². The van der Waals surface area contributed by atoms with E-state index >= 15 is 0 Å². The molecule has 0 N–H and O–H groups in total. The van der Waals surface area contributed by atoms with Crippen LogP contribution in [0.5, 0.6) is 0 Å². The summed E-state index contributed by atoms with van der Waals surface area (Å²) < 4.78 is 40.5. The van der Waals surface area contributed by atoms with Gasteiger partial charge < -0.3 is 4.57 Å². The number of hydrogen-bond acceptors (Lipinski definition) is 5. The molecule has 0 bridgehead atoms.